The summed E-state index contributed by atoms with van der Waals surface area (Å²) >= 11 is 3.47. The van der Waals surface area contributed by atoms with Gasteiger partial charge in [0.25, 0.3) is 0 Å². The Balaban J connectivity index is 1.88. The van der Waals surface area contributed by atoms with E-state index in [1.165, 1.54) is 5.56 Å². The minimum atomic E-state index is -0.459. The number of carbonyl (C=O) groups is 1. The molecule has 1 amide bonds. The molecule has 1 aromatic rings. The average molecular weight is 340 g/mol. The van der Waals surface area contributed by atoms with Crippen molar-refractivity contribution in [1.29, 1.82) is 0 Å². The fourth-order valence-corrected chi connectivity index (χ4v) is 2.35. The molecule has 1 heterocycles. The van der Waals surface area contributed by atoms with Crippen LogP contribution in [0.15, 0.2) is 33.7 Å². The first-order chi connectivity index (χ1) is 9.69. The van der Waals surface area contributed by atoms with Gasteiger partial charge >= 0.3 is 6.09 Å². The first kappa shape index (κ1) is 14.8. The van der Waals surface area contributed by atoms with Crippen LogP contribution in [0, 0.1) is 0 Å². The van der Waals surface area contributed by atoms with Gasteiger partial charge in [0.1, 0.15) is 0 Å². The zero-order valence-corrected chi connectivity index (χ0v) is 12.9. The Hall–Kier alpha value is -1.56. The Bertz CT molecular complexity index is 505. The number of carbonyl (C=O) groups excluding carboxylic acids is 1. The maximum atomic E-state index is 11.4. The summed E-state index contributed by atoms with van der Waals surface area (Å²) in [5.74, 6) is 0.794. The molecule has 2 rings (SSSR count). The number of nitrogens with zero attached hydrogens (tertiary/aromatic N) is 1. The smallest absolute Gasteiger partial charge is 0.413 e. The minimum absolute atomic E-state index is 0.310. The van der Waals surface area contributed by atoms with Crippen LogP contribution in [-0.4, -0.2) is 31.7 Å². The summed E-state index contributed by atoms with van der Waals surface area (Å²) < 4.78 is 6.01. The Morgan fingerprint density at radius 3 is 3.10 bits per heavy atom. The Morgan fingerprint density at radius 2 is 2.45 bits per heavy atom. The van der Waals surface area contributed by atoms with Gasteiger partial charge in [-0.1, -0.05) is 35.0 Å². The number of amides is 1. The van der Waals surface area contributed by atoms with Gasteiger partial charge in [-0.2, -0.15) is 0 Å². The number of ether oxygens (including phenoxy) is 1. The number of nitrogens with one attached hydrogen (secondary N) is 2. The molecule has 1 atom stereocenters. The molecule has 20 heavy (non-hydrogen) atoms. The highest BCUT2D eigenvalue weighted by Gasteiger charge is 2.18. The second-order valence-electron chi connectivity index (χ2n) is 4.58. The summed E-state index contributed by atoms with van der Waals surface area (Å²) in [4.78, 5) is 15.7. The highest BCUT2D eigenvalue weighted by Crippen LogP contribution is 2.21. The van der Waals surface area contributed by atoms with Gasteiger partial charge in [-0.05, 0) is 24.1 Å². The maximum absolute atomic E-state index is 11.4. The molecular weight excluding hydrogens is 322 g/mol. The van der Waals surface area contributed by atoms with Crippen LogP contribution in [0.5, 0.6) is 0 Å². The lowest BCUT2D eigenvalue weighted by Gasteiger charge is -2.23. The molecule has 1 aromatic carbocycles. The van der Waals surface area contributed by atoms with Crippen molar-refractivity contribution in [3.8, 4) is 0 Å². The van der Waals surface area contributed by atoms with Crippen LogP contribution in [0.2, 0.25) is 0 Å². The molecule has 2 N–H and O–H groups in total. The molecule has 0 radical (unpaired) electrons. The molecule has 0 aromatic heterocycles. The molecule has 1 unspecified atom stereocenters. The molecule has 0 bridgehead atoms. The lowest BCUT2D eigenvalue weighted by atomic mass is 9.98. The summed E-state index contributed by atoms with van der Waals surface area (Å²) in [5, 5.41) is 5.72. The van der Waals surface area contributed by atoms with Gasteiger partial charge in [-0.25, -0.2) is 4.79 Å². The second kappa shape index (κ2) is 7.28. The predicted octanol–water partition coefficient (Wildman–Crippen LogP) is 2.63. The normalized spacial score (nSPS) is 17.9. The number of rotatable bonds is 3. The summed E-state index contributed by atoms with van der Waals surface area (Å²) in [6.07, 6.45) is 0.345. The quantitative estimate of drug-likeness (QED) is 0.889. The number of guanidine groups is 1. The van der Waals surface area contributed by atoms with E-state index in [0.717, 1.165) is 17.4 Å². The minimum Gasteiger partial charge on any atom is -0.449 e. The molecule has 108 valence electrons. The van der Waals surface area contributed by atoms with E-state index < -0.39 is 6.09 Å². The van der Waals surface area contributed by atoms with Gasteiger partial charge in [0.05, 0.1) is 13.2 Å². The third-order valence-corrected chi connectivity index (χ3v) is 3.46. The third kappa shape index (κ3) is 4.23. The topological polar surface area (TPSA) is 62.7 Å². The van der Waals surface area contributed by atoms with Crippen molar-refractivity contribution < 1.29 is 9.53 Å². The van der Waals surface area contributed by atoms with Gasteiger partial charge < -0.3 is 10.1 Å². The van der Waals surface area contributed by atoms with E-state index in [1.807, 2.05) is 19.1 Å². The van der Waals surface area contributed by atoms with Crippen molar-refractivity contribution in [2.45, 2.75) is 19.3 Å². The van der Waals surface area contributed by atoms with Gasteiger partial charge in [0.15, 0.2) is 0 Å². The first-order valence-electron chi connectivity index (χ1n) is 6.66. The van der Waals surface area contributed by atoms with Crippen molar-refractivity contribution in [1.82, 2.24) is 10.6 Å². The fraction of sp³-hybridized carbons (Fsp3) is 0.429. The summed E-state index contributed by atoms with van der Waals surface area (Å²) in [7, 11) is 0. The van der Waals surface area contributed by atoms with Crippen LogP contribution in [0.4, 0.5) is 4.79 Å². The van der Waals surface area contributed by atoms with Crippen molar-refractivity contribution in [2.24, 2.45) is 4.99 Å². The molecule has 6 heteroatoms. The summed E-state index contributed by atoms with van der Waals surface area (Å²) in [5.41, 5.74) is 1.23. The van der Waals surface area contributed by atoms with E-state index in [4.69, 9.17) is 4.74 Å². The Kier molecular flexibility index (Phi) is 5.40. The van der Waals surface area contributed by atoms with Crippen LogP contribution in [0.1, 0.15) is 24.8 Å². The number of hydrogen-bond donors (Lipinski definition) is 2. The van der Waals surface area contributed by atoms with E-state index in [9.17, 15) is 4.79 Å². The Labute approximate surface area is 126 Å². The molecule has 1 aliphatic heterocycles. The zero-order chi connectivity index (χ0) is 14.4. The standard InChI is InChI=1S/C14H18BrN3O2/c1-2-6-20-14(19)18-13-16-8-11(9-17-13)10-4-3-5-12(15)7-10/h3-5,7,11H,2,6,8-9H2,1H3,(H2,16,17,18,19). The molecule has 0 aliphatic carbocycles. The van der Waals surface area contributed by atoms with Crippen LogP contribution < -0.4 is 10.6 Å². The molecule has 1 aliphatic rings. The highest BCUT2D eigenvalue weighted by atomic mass is 79.9. The van der Waals surface area contributed by atoms with Gasteiger partial charge in [0.2, 0.25) is 5.96 Å². The van der Waals surface area contributed by atoms with E-state index in [1.54, 1.807) is 0 Å². The monoisotopic (exact) mass is 339 g/mol. The number of benzene rings is 1. The molecule has 0 saturated carbocycles. The van der Waals surface area contributed by atoms with Crippen molar-refractivity contribution >= 4 is 28.0 Å². The van der Waals surface area contributed by atoms with Crippen molar-refractivity contribution in [2.75, 3.05) is 19.7 Å². The SMILES string of the molecule is CCCOC(=O)NC1=NCC(c2cccc(Br)c2)CN1. The molecule has 0 fully saturated rings. The van der Waals surface area contributed by atoms with Crippen LogP contribution >= 0.6 is 15.9 Å². The predicted molar refractivity (Wildman–Crippen MR) is 82.0 cm³/mol. The van der Waals surface area contributed by atoms with Crippen LogP contribution in [-0.2, 0) is 4.74 Å². The van der Waals surface area contributed by atoms with Crippen LogP contribution in [0.3, 0.4) is 0 Å². The van der Waals surface area contributed by atoms with E-state index in [2.05, 4.69) is 43.7 Å². The zero-order valence-electron chi connectivity index (χ0n) is 11.4. The largest absolute Gasteiger partial charge is 0.449 e. The Morgan fingerprint density at radius 1 is 1.60 bits per heavy atom. The number of halogens is 1. The molecule has 0 spiro atoms. The number of hydrogen-bond acceptors (Lipinski definition) is 4. The van der Waals surface area contributed by atoms with E-state index >= 15 is 0 Å². The second-order valence-corrected chi connectivity index (χ2v) is 5.50. The summed E-state index contributed by atoms with van der Waals surface area (Å²) in [6.45, 7) is 3.75. The van der Waals surface area contributed by atoms with Crippen molar-refractivity contribution in [3.63, 3.8) is 0 Å². The lowest BCUT2D eigenvalue weighted by Crippen LogP contribution is -2.46. The van der Waals surface area contributed by atoms with Crippen LogP contribution in [0.25, 0.3) is 0 Å². The molecular formula is C14H18BrN3O2. The maximum Gasteiger partial charge on any atom is 0.413 e. The van der Waals surface area contributed by atoms with E-state index in [-0.39, 0.29) is 0 Å². The number of alkyl carbamates (subject to hydrolysis) is 1. The van der Waals surface area contributed by atoms with Gasteiger partial charge in [-0.3, -0.25) is 10.3 Å². The third-order valence-electron chi connectivity index (χ3n) is 2.96. The van der Waals surface area contributed by atoms with E-state index in [0.29, 0.717) is 25.0 Å². The first-order valence-corrected chi connectivity index (χ1v) is 7.46. The van der Waals surface area contributed by atoms with Gasteiger partial charge in [-0.15, -0.1) is 0 Å². The molecule has 0 saturated heterocycles. The average Bonchev–Trinajstić information content (AvgIpc) is 2.46. The van der Waals surface area contributed by atoms with Crippen molar-refractivity contribution in [3.05, 3.63) is 34.3 Å². The summed E-state index contributed by atoms with van der Waals surface area (Å²) in [6, 6.07) is 8.19. The lowest BCUT2D eigenvalue weighted by molar-refractivity contribution is 0.151. The number of aliphatic imine (C=N–C) groups is 1. The highest BCUT2D eigenvalue weighted by molar-refractivity contribution is 9.10. The molecule has 5 nitrogen and oxygen atoms in total. The fourth-order valence-electron chi connectivity index (χ4n) is 1.94. The van der Waals surface area contributed by atoms with Gasteiger partial charge in [0, 0.05) is 16.9 Å².